The molecule has 1 aromatic rings. The van der Waals surface area contributed by atoms with Gasteiger partial charge in [0.2, 0.25) is 5.91 Å². The molecule has 2 heterocycles. The lowest BCUT2D eigenvalue weighted by Gasteiger charge is -2.33. The molecule has 1 aromatic carbocycles. The van der Waals surface area contributed by atoms with E-state index < -0.39 is 6.10 Å². The number of carbonyl (C=O) groups excluding carboxylic acids is 1. The second-order valence-electron chi connectivity index (χ2n) is 6.67. The van der Waals surface area contributed by atoms with Crippen molar-refractivity contribution in [2.45, 2.75) is 44.0 Å². The van der Waals surface area contributed by atoms with Crippen molar-refractivity contribution in [2.24, 2.45) is 0 Å². The second-order valence-corrected chi connectivity index (χ2v) is 7.08. The quantitative estimate of drug-likeness (QED) is 0.761. The number of carbonyl (C=O) groups is 1. The van der Waals surface area contributed by atoms with Crippen LogP contribution in [0.3, 0.4) is 0 Å². The van der Waals surface area contributed by atoms with Crippen molar-refractivity contribution in [2.75, 3.05) is 19.6 Å². The van der Waals surface area contributed by atoms with E-state index in [-0.39, 0.29) is 23.8 Å². The maximum Gasteiger partial charge on any atom is 0.237 e. The number of nitrogens with one attached hydrogen (secondary N) is 2. The van der Waals surface area contributed by atoms with E-state index in [2.05, 4.69) is 15.5 Å². The van der Waals surface area contributed by atoms with Crippen LogP contribution in [0.1, 0.15) is 24.8 Å². The fraction of sp³-hybridized carbons (Fsp3) is 0.588. The summed E-state index contributed by atoms with van der Waals surface area (Å²) in [4.78, 5) is 14.5. The Morgan fingerprint density at radius 2 is 2.33 bits per heavy atom. The monoisotopic (exact) mass is 355 g/mol. The summed E-state index contributed by atoms with van der Waals surface area (Å²) in [6.07, 6.45) is 1.95. The Hall–Kier alpha value is -1.21. The molecule has 0 unspecified atom stereocenters. The van der Waals surface area contributed by atoms with Crippen LogP contribution in [0.5, 0.6) is 0 Å². The third-order valence-corrected chi connectivity index (χ3v) is 5.04. The maximum absolute atomic E-state index is 13.1. The van der Waals surface area contributed by atoms with Crippen LogP contribution in [-0.2, 0) is 11.3 Å². The van der Waals surface area contributed by atoms with E-state index in [0.717, 1.165) is 31.5 Å². The minimum absolute atomic E-state index is 0.0433. The number of amides is 1. The van der Waals surface area contributed by atoms with Gasteiger partial charge < -0.3 is 15.7 Å². The number of nitrogens with zero attached hydrogens (tertiary/aromatic N) is 1. The van der Waals surface area contributed by atoms with E-state index in [1.165, 1.54) is 12.1 Å². The molecule has 3 atom stereocenters. The summed E-state index contributed by atoms with van der Waals surface area (Å²) in [5.41, 5.74) is 0.894. The normalized spacial score (nSPS) is 28.0. The van der Waals surface area contributed by atoms with Crippen LogP contribution in [-0.4, -0.2) is 53.7 Å². The molecular formula is C17H23ClFN3O2. The zero-order chi connectivity index (χ0) is 17.1. The van der Waals surface area contributed by atoms with Gasteiger partial charge in [0, 0.05) is 30.7 Å². The molecule has 7 heteroatoms. The summed E-state index contributed by atoms with van der Waals surface area (Å²) in [6, 6.07) is 4.24. The van der Waals surface area contributed by atoms with E-state index in [1.807, 2.05) is 0 Å². The van der Waals surface area contributed by atoms with Crippen LogP contribution in [0.4, 0.5) is 4.39 Å². The molecule has 132 valence electrons. The molecular weight excluding hydrogens is 333 g/mol. The van der Waals surface area contributed by atoms with Crippen molar-refractivity contribution in [1.82, 2.24) is 15.5 Å². The van der Waals surface area contributed by atoms with Gasteiger partial charge in [-0.3, -0.25) is 9.69 Å². The molecule has 1 amide bonds. The fourth-order valence-corrected chi connectivity index (χ4v) is 3.65. The van der Waals surface area contributed by atoms with Crippen LogP contribution in [0.25, 0.3) is 0 Å². The van der Waals surface area contributed by atoms with E-state index in [4.69, 9.17) is 11.6 Å². The highest BCUT2D eigenvalue weighted by molar-refractivity contribution is 6.31. The van der Waals surface area contributed by atoms with E-state index in [0.29, 0.717) is 24.5 Å². The van der Waals surface area contributed by atoms with Gasteiger partial charge in [-0.05, 0) is 43.5 Å². The summed E-state index contributed by atoms with van der Waals surface area (Å²) >= 11 is 6.10. The molecule has 0 aromatic heterocycles. The van der Waals surface area contributed by atoms with Gasteiger partial charge in [0.15, 0.2) is 0 Å². The van der Waals surface area contributed by atoms with Crippen molar-refractivity contribution < 1.29 is 14.3 Å². The number of hydrogen-bond donors (Lipinski definition) is 3. The first kappa shape index (κ1) is 17.6. The van der Waals surface area contributed by atoms with E-state index in [9.17, 15) is 14.3 Å². The van der Waals surface area contributed by atoms with Gasteiger partial charge >= 0.3 is 0 Å². The van der Waals surface area contributed by atoms with Crippen LogP contribution in [0, 0.1) is 5.82 Å². The lowest BCUT2D eigenvalue weighted by Crippen LogP contribution is -2.51. The predicted octanol–water partition coefficient (Wildman–Crippen LogP) is 1.28. The van der Waals surface area contributed by atoms with Gasteiger partial charge in [-0.1, -0.05) is 17.7 Å². The number of β-amino-alcohol motifs (C(OH)–C–C–N with tert-alkyl or cyclic N) is 1. The molecule has 5 nitrogen and oxygen atoms in total. The molecule has 2 aliphatic heterocycles. The summed E-state index contributed by atoms with van der Waals surface area (Å²) in [7, 11) is 0. The highest BCUT2D eigenvalue weighted by Crippen LogP contribution is 2.21. The Kier molecular flexibility index (Phi) is 5.71. The minimum Gasteiger partial charge on any atom is -0.392 e. The predicted molar refractivity (Wildman–Crippen MR) is 90.3 cm³/mol. The summed E-state index contributed by atoms with van der Waals surface area (Å²) in [5.74, 6) is -0.378. The molecule has 0 radical (unpaired) electrons. The molecule has 2 saturated heterocycles. The highest BCUT2D eigenvalue weighted by Gasteiger charge is 2.30. The smallest absolute Gasteiger partial charge is 0.237 e. The molecule has 3 N–H and O–H groups in total. The van der Waals surface area contributed by atoms with Crippen LogP contribution in [0.2, 0.25) is 5.02 Å². The number of rotatable bonds is 4. The van der Waals surface area contributed by atoms with Crippen LogP contribution in [0.15, 0.2) is 18.2 Å². The molecule has 0 saturated carbocycles. The standard InChI is InChI=1S/C17H23ClFN3O2/c18-15-6-12(19)4-3-11(15)9-22-5-1-2-13(10-22)21-17(24)16-7-14(23)8-20-16/h3-4,6,13-14,16,20,23H,1-2,5,7-10H2,(H,21,24)/t13-,14-,16-/m1/s1. The zero-order valence-corrected chi connectivity index (χ0v) is 14.2. The van der Waals surface area contributed by atoms with Gasteiger partial charge in [0.1, 0.15) is 5.82 Å². The van der Waals surface area contributed by atoms with Crippen molar-refractivity contribution in [3.63, 3.8) is 0 Å². The van der Waals surface area contributed by atoms with Gasteiger partial charge in [-0.2, -0.15) is 0 Å². The Morgan fingerprint density at radius 3 is 3.04 bits per heavy atom. The summed E-state index contributed by atoms with van der Waals surface area (Å²) < 4.78 is 13.1. The van der Waals surface area contributed by atoms with E-state index in [1.54, 1.807) is 6.07 Å². The van der Waals surface area contributed by atoms with Crippen molar-refractivity contribution in [1.29, 1.82) is 0 Å². The number of likely N-dealkylation sites (tertiary alicyclic amines) is 1. The molecule has 2 aliphatic rings. The van der Waals surface area contributed by atoms with Gasteiger partial charge in [-0.15, -0.1) is 0 Å². The van der Waals surface area contributed by atoms with Crippen LogP contribution >= 0.6 is 11.6 Å². The number of piperidine rings is 1. The number of aliphatic hydroxyl groups is 1. The third-order valence-electron chi connectivity index (χ3n) is 4.69. The summed E-state index contributed by atoms with van der Waals surface area (Å²) in [6.45, 7) is 2.79. The zero-order valence-electron chi connectivity index (χ0n) is 13.5. The Bertz CT molecular complexity index is 601. The third kappa shape index (κ3) is 4.45. The fourth-order valence-electron chi connectivity index (χ4n) is 3.43. The molecule has 0 bridgehead atoms. The highest BCUT2D eigenvalue weighted by atomic mass is 35.5. The van der Waals surface area contributed by atoms with Crippen molar-refractivity contribution in [3.8, 4) is 0 Å². The van der Waals surface area contributed by atoms with Gasteiger partial charge in [0.05, 0.1) is 12.1 Å². The lowest BCUT2D eigenvalue weighted by atomic mass is 10.0. The maximum atomic E-state index is 13.1. The van der Waals surface area contributed by atoms with Crippen molar-refractivity contribution >= 4 is 17.5 Å². The number of hydrogen-bond acceptors (Lipinski definition) is 4. The van der Waals surface area contributed by atoms with E-state index >= 15 is 0 Å². The SMILES string of the molecule is O=C(N[C@@H]1CCCN(Cc2ccc(F)cc2Cl)C1)[C@H]1C[C@@H](O)CN1. The van der Waals surface area contributed by atoms with Crippen molar-refractivity contribution in [3.05, 3.63) is 34.6 Å². The average molecular weight is 356 g/mol. The Morgan fingerprint density at radius 1 is 1.50 bits per heavy atom. The molecule has 2 fully saturated rings. The number of halogens is 2. The van der Waals surface area contributed by atoms with Crippen LogP contribution < -0.4 is 10.6 Å². The average Bonchev–Trinajstić information content (AvgIpc) is 2.97. The molecule has 0 spiro atoms. The topological polar surface area (TPSA) is 64.6 Å². The second kappa shape index (κ2) is 7.78. The number of benzene rings is 1. The van der Waals surface area contributed by atoms with Gasteiger partial charge in [-0.25, -0.2) is 4.39 Å². The lowest BCUT2D eigenvalue weighted by molar-refractivity contribution is -0.124. The first-order valence-corrected chi connectivity index (χ1v) is 8.77. The molecule has 3 rings (SSSR count). The Balaban J connectivity index is 1.53. The first-order chi connectivity index (χ1) is 11.5. The molecule has 24 heavy (non-hydrogen) atoms. The largest absolute Gasteiger partial charge is 0.392 e. The molecule has 0 aliphatic carbocycles. The van der Waals surface area contributed by atoms with Gasteiger partial charge in [0.25, 0.3) is 0 Å². The number of aliphatic hydroxyl groups excluding tert-OH is 1. The minimum atomic E-state index is -0.441. The summed E-state index contributed by atoms with van der Waals surface area (Å²) in [5, 5.41) is 16.1. The Labute approximate surface area is 146 Å². The first-order valence-electron chi connectivity index (χ1n) is 8.39.